The second-order valence-corrected chi connectivity index (χ2v) is 4.99. The molecule has 1 aliphatic heterocycles. The van der Waals surface area contributed by atoms with Crippen LogP contribution < -0.4 is 0 Å². The van der Waals surface area contributed by atoms with Crippen LogP contribution in [-0.2, 0) is 5.54 Å². The lowest BCUT2D eigenvalue weighted by Crippen LogP contribution is -2.68. The lowest BCUT2D eigenvalue weighted by Gasteiger charge is -2.61. The van der Waals surface area contributed by atoms with Crippen molar-refractivity contribution in [1.82, 2.24) is 0 Å². The van der Waals surface area contributed by atoms with Crippen molar-refractivity contribution >= 4 is 0 Å². The highest BCUT2D eigenvalue weighted by molar-refractivity contribution is 5.23. The van der Waals surface area contributed by atoms with Crippen LogP contribution in [0, 0.1) is 5.21 Å². The van der Waals surface area contributed by atoms with Crippen molar-refractivity contribution < 1.29 is 9.75 Å². The number of hydrogen-bond acceptors (Lipinski definition) is 2. The Hall–Kier alpha value is -1.16. The van der Waals surface area contributed by atoms with Gasteiger partial charge in [0.05, 0.1) is 6.08 Å². The minimum atomic E-state index is -1.33. The van der Waals surface area contributed by atoms with Gasteiger partial charge in [0.15, 0.2) is 0 Å². The minimum Gasteiger partial charge on any atom is -0.625 e. The molecule has 16 heavy (non-hydrogen) atoms. The van der Waals surface area contributed by atoms with E-state index in [9.17, 15) is 10.3 Å². The van der Waals surface area contributed by atoms with E-state index in [-0.39, 0.29) is 0 Å². The average molecular weight is 219 g/mol. The topological polar surface area (TPSA) is 43.3 Å². The van der Waals surface area contributed by atoms with Gasteiger partial charge >= 0.3 is 0 Å². The quantitative estimate of drug-likeness (QED) is 0.613. The molecule has 0 fully saturated rings. The third kappa shape index (κ3) is 1.26. The van der Waals surface area contributed by atoms with Crippen LogP contribution >= 0.6 is 0 Å². The molecule has 2 rings (SSSR count). The summed E-state index contributed by atoms with van der Waals surface area (Å²) in [7, 11) is 0. The van der Waals surface area contributed by atoms with E-state index in [4.69, 9.17) is 0 Å². The summed E-state index contributed by atoms with van der Waals surface area (Å²) in [5.41, 5.74) is -1.10. The third-order valence-electron chi connectivity index (χ3n) is 3.58. The molecule has 0 saturated heterocycles. The smallest absolute Gasteiger partial charge is 0.227 e. The van der Waals surface area contributed by atoms with E-state index >= 15 is 0 Å². The van der Waals surface area contributed by atoms with Gasteiger partial charge in [-0.3, -0.25) is 4.65 Å². The monoisotopic (exact) mass is 219 g/mol. The Kier molecular flexibility index (Phi) is 2.24. The van der Waals surface area contributed by atoms with Crippen molar-refractivity contribution in [3.05, 3.63) is 53.4 Å². The largest absolute Gasteiger partial charge is 0.625 e. The minimum absolute atomic E-state index is 0.695. The van der Waals surface area contributed by atoms with Crippen molar-refractivity contribution in [3.63, 3.8) is 0 Å². The first kappa shape index (κ1) is 11.3. The van der Waals surface area contributed by atoms with Gasteiger partial charge in [-0.25, -0.2) is 0 Å². The Bertz CT molecular complexity index is 423. The molecule has 0 aromatic heterocycles. The van der Waals surface area contributed by atoms with Crippen LogP contribution in [0.15, 0.2) is 42.6 Å². The molecule has 1 aliphatic rings. The molecule has 0 radical (unpaired) electrons. The lowest BCUT2D eigenvalue weighted by molar-refractivity contribution is -0.971. The molecule has 3 nitrogen and oxygen atoms in total. The Morgan fingerprint density at radius 3 is 2.19 bits per heavy atom. The second kappa shape index (κ2) is 3.17. The summed E-state index contributed by atoms with van der Waals surface area (Å²) in [5, 5.41) is 22.6. The Balaban J connectivity index is 2.45. The molecule has 0 amide bonds. The third-order valence-corrected chi connectivity index (χ3v) is 3.58. The molecule has 1 N–H and O–H groups in total. The van der Waals surface area contributed by atoms with E-state index < -0.39 is 15.9 Å². The molecular formula is C13H17NO2. The van der Waals surface area contributed by atoms with Gasteiger partial charge in [0.2, 0.25) is 5.72 Å². The summed E-state index contributed by atoms with van der Waals surface area (Å²) in [5.74, 6) is 0. The highest BCUT2D eigenvalue weighted by atomic mass is 16.6. The van der Waals surface area contributed by atoms with Crippen molar-refractivity contribution in [2.45, 2.75) is 32.0 Å². The van der Waals surface area contributed by atoms with Crippen LogP contribution in [0.5, 0.6) is 0 Å². The van der Waals surface area contributed by atoms with Gasteiger partial charge in [-0.05, 0) is 13.8 Å². The molecular weight excluding hydrogens is 202 g/mol. The van der Waals surface area contributed by atoms with E-state index in [1.54, 1.807) is 13.0 Å². The number of hydroxylamine groups is 3. The molecule has 0 aliphatic carbocycles. The fraction of sp³-hybridized carbons (Fsp3) is 0.385. The van der Waals surface area contributed by atoms with E-state index in [2.05, 4.69) is 0 Å². The van der Waals surface area contributed by atoms with Crippen molar-refractivity contribution in [3.8, 4) is 0 Å². The highest BCUT2D eigenvalue weighted by Crippen LogP contribution is 2.46. The zero-order valence-corrected chi connectivity index (χ0v) is 9.84. The summed E-state index contributed by atoms with van der Waals surface area (Å²) in [6, 6.07) is 9.56. The zero-order valence-electron chi connectivity index (χ0n) is 9.84. The summed E-state index contributed by atoms with van der Waals surface area (Å²) in [4.78, 5) is 0. The molecule has 1 heterocycles. The first-order chi connectivity index (χ1) is 7.31. The predicted octanol–water partition coefficient (Wildman–Crippen LogP) is 2.47. The van der Waals surface area contributed by atoms with Gasteiger partial charge in [0.25, 0.3) is 0 Å². The van der Waals surface area contributed by atoms with Gasteiger partial charge in [0, 0.05) is 12.5 Å². The first-order valence-corrected chi connectivity index (χ1v) is 5.39. The normalized spacial score (nSPS) is 33.6. The lowest BCUT2D eigenvalue weighted by atomic mass is 9.87. The first-order valence-electron chi connectivity index (χ1n) is 5.39. The van der Waals surface area contributed by atoms with Gasteiger partial charge in [-0.15, -0.1) is 0 Å². The van der Waals surface area contributed by atoms with Crippen molar-refractivity contribution in [1.29, 1.82) is 0 Å². The number of benzene rings is 1. The van der Waals surface area contributed by atoms with Crippen LogP contribution in [0.2, 0.25) is 0 Å². The number of quaternary nitrogens is 1. The highest BCUT2D eigenvalue weighted by Gasteiger charge is 2.54. The summed E-state index contributed by atoms with van der Waals surface area (Å²) in [6.07, 6.45) is 3.05. The molecule has 1 aromatic carbocycles. The Morgan fingerprint density at radius 2 is 1.81 bits per heavy atom. The average Bonchev–Trinajstić information content (AvgIpc) is 2.27. The number of hydrogen-bond donors (Lipinski definition) is 1. The molecule has 1 aromatic rings. The van der Waals surface area contributed by atoms with E-state index in [0.717, 1.165) is 5.56 Å². The maximum absolute atomic E-state index is 12.6. The second-order valence-electron chi connectivity index (χ2n) is 4.99. The summed E-state index contributed by atoms with van der Waals surface area (Å²) in [6.45, 7) is 5.26. The molecule has 3 heteroatoms. The molecule has 86 valence electrons. The molecule has 0 saturated carbocycles. The van der Waals surface area contributed by atoms with Gasteiger partial charge in [-0.2, -0.15) is 0 Å². The SMILES string of the molecule is CC1(O)C=C[N+]1([O-])C(C)(C)c1ccccc1. The van der Waals surface area contributed by atoms with Crippen molar-refractivity contribution in [2.24, 2.45) is 0 Å². The standard InChI is InChI=1S/C13H17NO2/c1-12(2,11-7-5-4-6-8-11)14(16)10-9-13(14,3)15/h4-10,15H,1-3H3. The molecule has 2 unspecified atom stereocenters. The maximum Gasteiger partial charge on any atom is 0.227 e. The van der Waals surface area contributed by atoms with E-state index in [1.807, 2.05) is 44.2 Å². The summed E-state index contributed by atoms with van der Waals surface area (Å²) < 4.78 is -0.732. The van der Waals surface area contributed by atoms with Gasteiger partial charge < -0.3 is 10.3 Å². The number of rotatable bonds is 2. The molecule has 0 bridgehead atoms. The molecule has 0 spiro atoms. The number of nitrogens with zero attached hydrogens (tertiary/aromatic N) is 1. The van der Waals surface area contributed by atoms with Crippen LogP contribution in [0.25, 0.3) is 0 Å². The van der Waals surface area contributed by atoms with Crippen LogP contribution in [0.4, 0.5) is 0 Å². The molecule has 2 atom stereocenters. The van der Waals surface area contributed by atoms with Crippen molar-refractivity contribution in [2.75, 3.05) is 0 Å². The maximum atomic E-state index is 12.6. The van der Waals surface area contributed by atoms with Crippen LogP contribution in [0.1, 0.15) is 26.3 Å². The fourth-order valence-electron chi connectivity index (χ4n) is 2.22. The Morgan fingerprint density at radius 1 is 1.25 bits per heavy atom. The number of aliphatic hydroxyl groups is 1. The van der Waals surface area contributed by atoms with Gasteiger partial charge in [-0.1, -0.05) is 30.3 Å². The van der Waals surface area contributed by atoms with Crippen LogP contribution in [0.3, 0.4) is 0 Å². The fourth-order valence-corrected chi connectivity index (χ4v) is 2.22. The van der Waals surface area contributed by atoms with Crippen LogP contribution in [-0.4, -0.2) is 15.5 Å². The Labute approximate surface area is 95.8 Å². The zero-order chi connectivity index (χ0) is 12.0. The van der Waals surface area contributed by atoms with E-state index in [1.165, 1.54) is 6.20 Å². The van der Waals surface area contributed by atoms with E-state index in [0.29, 0.717) is 0 Å². The van der Waals surface area contributed by atoms with Gasteiger partial charge in [0.1, 0.15) is 11.7 Å². The predicted molar refractivity (Wildman–Crippen MR) is 62.9 cm³/mol. The summed E-state index contributed by atoms with van der Waals surface area (Å²) >= 11 is 0.